The lowest BCUT2D eigenvalue weighted by atomic mass is 9.82. The van der Waals surface area contributed by atoms with Crippen molar-refractivity contribution in [2.45, 2.75) is 26.2 Å². The first-order chi connectivity index (χ1) is 9.54. The molecule has 0 spiro atoms. The monoisotopic (exact) mass is 272 g/mol. The molecule has 20 heavy (non-hydrogen) atoms. The van der Waals surface area contributed by atoms with Crippen LogP contribution < -0.4 is 5.32 Å². The number of hydrogen-bond acceptors (Lipinski definition) is 2. The van der Waals surface area contributed by atoms with Gasteiger partial charge in [0.2, 0.25) is 0 Å². The maximum absolute atomic E-state index is 13.1. The van der Waals surface area contributed by atoms with Crippen LogP contribution in [0.4, 0.5) is 4.39 Å². The average molecular weight is 272 g/mol. The molecule has 1 aromatic carbocycles. The fraction of sp³-hybridized carbons (Fsp3) is 0.353. The number of likely N-dealkylation sites (N-methyl/N-ethyl adjacent to an activating group) is 1. The molecule has 1 heterocycles. The zero-order valence-electron chi connectivity index (χ0n) is 12.3. The number of nitrogens with zero attached hydrogens (tertiary/aromatic N) is 1. The summed E-state index contributed by atoms with van der Waals surface area (Å²) in [5.74, 6) is -0.224. The van der Waals surface area contributed by atoms with Crippen molar-refractivity contribution in [3.05, 3.63) is 54.0 Å². The van der Waals surface area contributed by atoms with Crippen molar-refractivity contribution in [3.8, 4) is 11.3 Å². The highest BCUT2D eigenvalue weighted by Gasteiger charge is 2.24. The Bertz CT molecular complexity index is 561. The van der Waals surface area contributed by atoms with Gasteiger partial charge in [-0.15, -0.1) is 0 Å². The van der Waals surface area contributed by atoms with E-state index in [1.165, 1.54) is 17.7 Å². The van der Waals surface area contributed by atoms with Crippen molar-refractivity contribution in [1.82, 2.24) is 10.3 Å². The summed E-state index contributed by atoms with van der Waals surface area (Å²) in [7, 11) is 0. The lowest BCUT2D eigenvalue weighted by Gasteiger charge is -2.27. The Balaban J connectivity index is 2.42. The van der Waals surface area contributed by atoms with Crippen LogP contribution in [-0.4, -0.2) is 18.1 Å². The van der Waals surface area contributed by atoms with Crippen molar-refractivity contribution in [2.75, 3.05) is 13.1 Å². The van der Waals surface area contributed by atoms with E-state index in [1.54, 1.807) is 18.3 Å². The van der Waals surface area contributed by atoms with Crippen molar-refractivity contribution in [1.29, 1.82) is 0 Å². The second-order valence-corrected chi connectivity index (χ2v) is 5.57. The van der Waals surface area contributed by atoms with Crippen LogP contribution in [0.1, 0.15) is 26.3 Å². The molecule has 0 bridgehead atoms. The van der Waals surface area contributed by atoms with E-state index >= 15 is 0 Å². The summed E-state index contributed by atoms with van der Waals surface area (Å²) < 4.78 is 13.1. The Morgan fingerprint density at radius 1 is 1.15 bits per heavy atom. The molecule has 106 valence electrons. The van der Waals surface area contributed by atoms with Gasteiger partial charge >= 0.3 is 0 Å². The molecule has 0 aliphatic rings. The smallest absolute Gasteiger partial charge is 0.123 e. The van der Waals surface area contributed by atoms with Crippen LogP contribution in [0.2, 0.25) is 0 Å². The van der Waals surface area contributed by atoms with E-state index < -0.39 is 0 Å². The third-order valence-electron chi connectivity index (χ3n) is 3.47. The van der Waals surface area contributed by atoms with Crippen LogP contribution >= 0.6 is 0 Å². The average Bonchev–Trinajstić information content (AvgIpc) is 2.46. The minimum atomic E-state index is -0.224. The molecule has 3 heteroatoms. The van der Waals surface area contributed by atoms with Crippen LogP contribution in [-0.2, 0) is 5.41 Å². The molecule has 0 saturated carbocycles. The van der Waals surface area contributed by atoms with Crippen molar-refractivity contribution < 1.29 is 4.39 Å². The van der Waals surface area contributed by atoms with E-state index in [-0.39, 0.29) is 11.2 Å². The Labute approximate surface area is 120 Å². The minimum absolute atomic E-state index is 0.0337. The van der Waals surface area contributed by atoms with Crippen molar-refractivity contribution in [3.63, 3.8) is 0 Å². The molecule has 0 unspecified atom stereocenters. The van der Waals surface area contributed by atoms with Gasteiger partial charge in [-0.25, -0.2) is 4.39 Å². The summed E-state index contributed by atoms with van der Waals surface area (Å²) in [5, 5.41) is 3.39. The summed E-state index contributed by atoms with van der Waals surface area (Å²) in [6, 6.07) is 10.6. The molecule has 2 rings (SSSR count). The molecular weight excluding hydrogens is 251 g/mol. The van der Waals surface area contributed by atoms with E-state index in [0.717, 1.165) is 24.3 Å². The first-order valence-corrected chi connectivity index (χ1v) is 6.97. The summed E-state index contributed by atoms with van der Waals surface area (Å²) in [6.07, 6.45) is 1.78. The summed E-state index contributed by atoms with van der Waals surface area (Å²) in [4.78, 5) is 4.50. The molecule has 2 aromatic rings. The number of rotatable bonds is 5. The van der Waals surface area contributed by atoms with Gasteiger partial charge in [-0.1, -0.05) is 26.8 Å². The van der Waals surface area contributed by atoms with Crippen molar-refractivity contribution >= 4 is 0 Å². The number of hydrogen-bond donors (Lipinski definition) is 1. The Hall–Kier alpha value is -1.74. The highest BCUT2D eigenvalue weighted by molar-refractivity contribution is 5.64. The topological polar surface area (TPSA) is 24.9 Å². The van der Waals surface area contributed by atoms with E-state index in [9.17, 15) is 4.39 Å². The van der Waals surface area contributed by atoms with Crippen LogP contribution in [0.15, 0.2) is 42.6 Å². The fourth-order valence-electron chi connectivity index (χ4n) is 2.32. The molecule has 1 aromatic heterocycles. The third kappa shape index (κ3) is 3.23. The zero-order valence-corrected chi connectivity index (χ0v) is 12.3. The maximum atomic E-state index is 13.1. The second kappa shape index (κ2) is 6.14. The Kier molecular flexibility index (Phi) is 4.50. The molecule has 0 aliphatic carbocycles. The first kappa shape index (κ1) is 14.7. The Morgan fingerprint density at radius 2 is 1.85 bits per heavy atom. The fourth-order valence-corrected chi connectivity index (χ4v) is 2.32. The first-order valence-electron chi connectivity index (χ1n) is 6.97. The zero-order chi connectivity index (χ0) is 14.6. The molecule has 0 radical (unpaired) electrons. The van der Waals surface area contributed by atoms with Gasteiger partial charge < -0.3 is 5.32 Å². The number of benzene rings is 1. The highest BCUT2D eigenvalue weighted by Crippen LogP contribution is 2.31. The highest BCUT2D eigenvalue weighted by atomic mass is 19.1. The van der Waals surface area contributed by atoms with Crippen LogP contribution in [0.5, 0.6) is 0 Å². The standard InChI is InChI=1S/C17H21FN2/c1-4-19-12-17(2,3)15-6-5-11-20-16(15)13-7-9-14(18)10-8-13/h5-11,19H,4,12H2,1-3H3. The third-order valence-corrected chi connectivity index (χ3v) is 3.47. The quantitative estimate of drug-likeness (QED) is 0.896. The summed E-state index contributed by atoms with van der Waals surface area (Å²) in [5.41, 5.74) is 3.02. The summed E-state index contributed by atoms with van der Waals surface area (Å²) >= 11 is 0. The van der Waals surface area contributed by atoms with Crippen molar-refractivity contribution in [2.24, 2.45) is 0 Å². The molecular formula is C17H21FN2. The predicted octanol–water partition coefficient (Wildman–Crippen LogP) is 3.77. The number of nitrogens with one attached hydrogen (secondary N) is 1. The predicted molar refractivity (Wildman–Crippen MR) is 81.2 cm³/mol. The van der Waals surface area contributed by atoms with Gasteiger partial charge in [-0.05, 0) is 42.4 Å². The van der Waals surface area contributed by atoms with Crippen LogP contribution in [0.3, 0.4) is 0 Å². The lowest BCUT2D eigenvalue weighted by Crippen LogP contribution is -2.33. The van der Waals surface area contributed by atoms with E-state index in [0.29, 0.717) is 0 Å². The van der Waals surface area contributed by atoms with Gasteiger partial charge in [-0.3, -0.25) is 4.98 Å². The number of pyridine rings is 1. The van der Waals surface area contributed by atoms with Gasteiger partial charge in [0.25, 0.3) is 0 Å². The van der Waals surface area contributed by atoms with Crippen LogP contribution in [0.25, 0.3) is 11.3 Å². The summed E-state index contributed by atoms with van der Waals surface area (Å²) in [6.45, 7) is 8.30. The largest absolute Gasteiger partial charge is 0.316 e. The molecule has 1 N–H and O–H groups in total. The van der Waals surface area contributed by atoms with Gasteiger partial charge in [0.05, 0.1) is 5.69 Å². The van der Waals surface area contributed by atoms with Crippen LogP contribution in [0, 0.1) is 5.82 Å². The molecule has 0 saturated heterocycles. The van der Waals surface area contributed by atoms with Gasteiger partial charge in [0, 0.05) is 23.7 Å². The van der Waals surface area contributed by atoms with E-state index in [1.807, 2.05) is 6.07 Å². The Morgan fingerprint density at radius 3 is 2.50 bits per heavy atom. The SMILES string of the molecule is CCNCC(C)(C)c1cccnc1-c1ccc(F)cc1. The molecule has 0 aliphatic heterocycles. The molecule has 2 nitrogen and oxygen atoms in total. The van der Waals surface area contributed by atoms with Gasteiger partial charge in [0.1, 0.15) is 5.82 Å². The van der Waals surface area contributed by atoms with Gasteiger partial charge in [-0.2, -0.15) is 0 Å². The molecule has 0 amide bonds. The number of halogens is 1. The van der Waals surface area contributed by atoms with E-state index in [2.05, 4.69) is 37.1 Å². The van der Waals surface area contributed by atoms with Gasteiger partial charge in [0.15, 0.2) is 0 Å². The number of aromatic nitrogens is 1. The molecule has 0 atom stereocenters. The van der Waals surface area contributed by atoms with E-state index in [4.69, 9.17) is 0 Å². The molecule has 0 fully saturated rings. The second-order valence-electron chi connectivity index (χ2n) is 5.57. The lowest BCUT2D eigenvalue weighted by molar-refractivity contribution is 0.477. The maximum Gasteiger partial charge on any atom is 0.123 e. The minimum Gasteiger partial charge on any atom is -0.316 e. The normalized spacial score (nSPS) is 11.6.